The van der Waals surface area contributed by atoms with Crippen molar-refractivity contribution in [1.29, 1.82) is 0 Å². The number of halogens is 7. The van der Waals surface area contributed by atoms with Crippen molar-refractivity contribution in [1.82, 2.24) is 0 Å². The van der Waals surface area contributed by atoms with Crippen molar-refractivity contribution in [3.63, 3.8) is 0 Å². The lowest BCUT2D eigenvalue weighted by molar-refractivity contribution is -0.0337. The summed E-state index contributed by atoms with van der Waals surface area (Å²) in [6.07, 6.45) is 0.0473. The van der Waals surface area contributed by atoms with Crippen LogP contribution in [0.5, 0.6) is 0 Å². The van der Waals surface area contributed by atoms with Gasteiger partial charge in [0.1, 0.15) is 0 Å². The summed E-state index contributed by atoms with van der Waals surface area (Å²) in [6, 6.07) is 12.0. The second kappa shape index (κ2) is 23.1. The summed E-state index contributed by atoms with van der Waals surface area (Å²) in [4.78, 5) is 0.307. The van der Waals surface area contributed by atoms with Gasteiger partial charge in [-0.05, 0) is 93.5 Å². The molecule has 2 aromatic rings. The van der Waals surface area contributed by atoms with Crippen molar-refractivity contribution in [3.05, 3.63) is 59.7 Å². The standard InChI is InChI=1S/C12H16F3O3PS.C8H6BrF3S.C6H15O3P/c1-3-17-19(16,18-4-2)9-10-5-7-11(8-6-10)20-12(13,14)15;9-5-6-1-3-7(4-2-6)13-8(10,11)12;1-4-7-10(8-5-2)9-6-3/h5-8H,3-4,9H2,1-2H3;1-4H,5H2;4-6H2,1-3H3. The summed E-state index contributed by atoms with van der Waals surface area (Å²) in [5.41, 5.74) is -6.93. The van der Waals surface area contributed by atoms with E-state index in [1.807, 2.05) is 20.8 Å². The molecule has 0 bridgehead atoms. The Bertz CT molecular complexity index is 1010. The lowest BCUT2D eigenvalue weighted by Crippen LogP contribution is -2.00. The predicted molar refractivity (Wildman–Crippen MR) is 166 cm³/mol. The molecule has 0 fully saturated rings. The highest BCUT2D eigenvalue weighted by molar-refractivity contribution is 9.08. The van der Waals surface area contributed by atoms with E-state index >= 15 is 0 Å². The van der Waals surface area contributed by atoms with Crippen LogP contribution in [-0.2, 0) is 38.7 Å². The summed E-state index contributed by atoms with van der Waals surface area (Å²) in [7, 11) is -4.29. The largest absolute Gasteiger partial charge is 0.446 e. The first kappa shape index (κ1) is 42.7. The molecule has 0 saturated heterocycles. The molecule has 0 aliphatic heterocycles. The van der Waals surface area contributed by atoms with Crippen molar-refractivity contribution in [2.45, 2.75) is 66.9 Å². The van der Waals surface area contributed by atoms with E-state index in [0.29, 0.717) is 30.7 Å². The fraction of sp³-hybridized carbons (Fsp3) is 0.538. The van der Waals surface area contributed by atoms with Crippen LogP contribution in [-0.4, -0.2) is 44.1 Å². The summed E-state index contributed by atoms with van der Waals surface area (Å²) < 4.78 is 110. The van der Waals surface area contributed by atoms with E-state index in [4.69, 9.17) is 22.6 Å². The zero-order valence-electron chi connectivity index (χ0n) is 24.4. The molecule has 0 aromatic heterocycles. The first-order chi connectivity index (χ1) is 20.1. The van der Waals surface area contributed by atoms with E-state index < -0.39 is 27.2 Å². The van der Waals surface area contributed by atoms with Gasteiger partial charge in [0.05, 0.1) is 39.2 Å². The van der Waals surface area contributed by atoms with E-state index in [1.54, 1.807) is 26.0 Å². The maximum atomic E-state index is 12.3. The Morgan fingerprint density at radius 3 is 1.28 bits per heavy atom. The highest BCUT2D eigenvalue weighted by atomic mass is 79.9. The van der Waals surface area contributed by atoms with Crippen molar-refractivity contribution < 1.29 is 53.5 Å². The third-order valence-electron chi connectivity index (χ3n) is 4.20. The van der Waals surface area contributed by atoms with Gasteiger partial charge in [0.25, 0.3) is 0 Å². The number of alkyl halides is 7. The normalized spacial score (nSPS) is 11.9. The van der Waals surface area contributed by atoms with Gasteiger partial charge in [0.2, 0.25) is 0 Å². The second-order valence-electron chi connectivity index (χ2n) is 7.60. The van der Waals surface area contributed by atoms with Gasteiger partial charge in [0.15, 0.2) is 0 Å². The minimum Gasteiger partial charge on any atom is -0.313 e. The zero-order valence-corrected chi connectivity index (χ0v) is 29.4. The van der Waals surface area contributed by atoms with Crippen LogP contribution in [0.4, 0.5) is 26.3 Å². The molecule has 2 rings (SSSR count). The van der Waals surface area contributed by atoms with E-state index in [9.17, 15) is 30.9 Å². The Morgan fingerprint density at radius 1 is 0.651 bits per heavy atom. The van der Waals surface area contributed by atoms with Crippen LogP contribution in [0.15, 0.2) is 58.3 Å². The van der Waals surface area contributed by atoms with Crippen LogP contribution in [0.25, 0.3) is 0 Å². The molecule has 6 nitrogen and oxygen atoms in total. The Morgan fingerprint density at radius 2 is 1.00 bits per heavy atom. The summed E-state index contributed by atoms with van der Waals surface area (Å²) in [5, 5.41) is 0.657. The molecule has 0 unspecified atom stereocenters. The van der Waals surface area contributed by atoms with Gasteiger partial charge in [-0.1, -0.05) is 40.2 Å². The first-order valence-corrected chi connectivity index (χ1v) is 18.5. The van der Waals surface area contributed by atoms with Crippen LogP contribution < -0.4 is 0 Å². The van der Waals surface area contributed by atoms with Gasteiger partial charge in [0, 0.05) is 15.1 Å². The maximum Gasteiger partial charge on any atom is 0.446 e. The smallest absolute Gasteiger partial charge is 0.313 e. The molecule has 0 amide bonds. The van der Waals surface area contributed by atoms with Crippen molar-refractivity contribution in [2.24, 2.45) is 0 Å². The molecule has 0 atom stereocenters. The number of hydrogen-bond donors (Lipinski definition) is 0. The number of thioether (sulfide) groups is 2. The SMILES string of the molecule is CCOP(=O)(Cc1ccc(SC(F)(F)F)cc1)OCC.CCOP(OCC)OCC.FC(F)(F)Sc1ccc(CBr)cc1. The Hall–Kier alpha value is -0.340. The molecule has 0 heterocycles. The molecule has 0 N–H and O–H groups in total. The molecule has 0 aliphatic rings. The quantitative estimate of drug-likeness (QED) is 0.0769. The minimum absolute atomic E-state index is 0.0473. The van der Waals surface area contributed by atoms with Crippen LogP contribution in [0, 0.1) is 0 Å². The molecule has 0 spiro atoms. The Kier molecular flexibility index (Phi) is 22.9. The lowest BCUT2D eigenvalue weighted by Gasteiger charge is -2.17. The van der Waals surface area contributed by atoms with Crippen molar-refractivity contribution >= 4 is 55.7 Å². The van der Waals surface area contributed by atoms with Crippen LogP contribution in [0.1, 0.15) is 45.7 Å². The number of hydrogen-bond acceptors (Lipinski definition) is 8. The number of benzene rings is 2. The predicted octanol–water partition coefficient (Wildman–Crippen LogP) is 11.6. The van der Waals surface area contributed by atoms with Crippen molar-refractivity contribution in [3.8, 4) is 0 Å². The molecule has 0 aliphatic carbocycles. The molecule has 248 valence electrons. The molecular formula is C26H37BrF6O6P2S2. The number of rotatable bonds is 15. The molecule has 17 heteroatoms. The summed E-state index contributed by atoms with van der Waals surface area (Å²) in [6.45, 7) is 11.6. The average Bonchev–Trinajstić information content (AvgIpc) is 2.90. The third kappa shape index (κ3) is 22.8. The van der Waals surface area contributed by atoms with Crippen LogP contribution >= 0.6 is 55.7 Å². The van der Waals surface area contributed by atoms with E-state index in [2.05, 4.69) is 15.9 Å². The Balaban J connectivity index is 0.000000662. The first-order valence-electron chi connectivity index (χ1n) is 13.0. The molecule has 2 aromatic carbocycles. The molecule has 43 heavy (non-hydrogen) atoms. The van der Waals surface area contributed by atoms with E-state index in [1.165, 1.54) is 36.4 Å². The zero-order chi connectivity index (χ0) is 32.9. The minimum atomic E-state index is -4.31. The monoisotopic (exact) mass is 764 g/mol. The Labute approximate surface area is 268 Å². The van der Waals surface area contributed by atoms with Crippen molar-refractivity contribution in [2.75, 3.05) is 33.0 Å². The fourth-order valence-corrected chi connectivity index (χ4v) is 6.76. The second-order valence-corrected chi connectivity index (χ2v) is 13.7. The van der Waals surface area contributed by atoms with Gasteiger partial charge in [-0.15, -0.1) is 0 Å². The summed E-state index contributed by atoms with van der Waals surface area (Å²) in [5.74, 6) is 0. The molecule has 0 saturated carbocycles. The van der Waals surface area contributed by atoms with Gasteiger partial charge in [-0.2, -0.15) is 26.3 Å². The fourth-order valence-electron chi connectivity index (χ4n) is 2.75. The van der Waals surface area contributed by atoms with Gasteiger partial charge >= 0.3 is 27.2 Å². The van der Waals surface area contributed by atoms with Crippen LogP contribution in [0.2, 0.25) is 0 Å². The molecular weight excluding hydrogens is 728 g/mol. The third-order valence-corrected chi connectivity index (χ3v) is 9.79. The maximum absolute atomic E-state index is 12.3. The van der Waals surface area contributed by atoms with Gasteiger partial charge < -0.3 is 22.6 Å². The van der Waals surface area contributed by atoms with E-state index in [-0.39, 0.29) is 52.7 Å². The van der Waals surface area contributed by atoms with Gasteiger partial charge in [-0.25, -0.2) is 0 Å². The highest BCUT2D eigenvalue weighted by Crippen LogP contribution is 2.51. The summed E-state index contributed by atoms with van der Waals surface area (Å²) >= 11 is 2.94. The van der Waals surface area contributed by atoms with Gasteiger partial charge in [-0.3, -0.25) is 4.57 Å². The van der Waals surface area contributed by atoms with E-state index in [0.717, 1.165) is 5.56 Å². The lowest BCUT2D eigenvalue weighted by atomic mass is 10.2. The molecule has 0 radical (unpaired) electrons. The topological polar surface area (TPSA) is 63.2 Å². The van der Waals surface area contributed by atoms with Crippen LogP contribution in [0.3, 0.4) is 0 Å². The average molecular weight is 766 g/mol. The highest BCUT2D eigenvalue weighted by Gasteiger charge is 2.30.